The average Bonchev–Trinajstić information content (AvgIpc) is 2.34. The van der Waals surface area contributed by atoms with Crippen molar-refractivity contribution in [2.75, 3.05) is 5.73 Å². The first-order valence-electron chi connectivity index (χ1n) is 3.51. The Morgan fingerprint density at radius 2 is 2.42 bits per heavy atom. The third-order valence-electron chi connectivity index (χ3n) is 1.04. The van der Waals surface area contributed by atoms with Crippen LogP contribution in [-0.4, -0.2) is 17.1 Å². The summed E-state index contributed by atoms with van der Waals surface area (Å²) in [4.78, 5) is 14.9. The number of rotatable bonds is 2. The van der Waals surface area contributed by atoms with Crippen LogP contribution in [0.1, 0.15) is 23.6 Å². The summed E-state index contributed by atoms with van der Waals surface area (Å²) >= 11 is 1.19. The average molecular weight is 186 g/mol. The van der Waals surface area contributed by atoms with Crippen LogP contribution in [0.3, 0.4) is 0 Å². The lowest BCUT2D eigenvalue weighted by Gasteiger charge is -2.04. The molecule has 66 valence electrons. The molecule has 0 saturated carbocycles. The summed E-state index contributed by atoms with van der Waals surface area (Å²) < 4.78 is 4.90. The van der Waals surface area contributed by atoms with Crippen molar-refractivity contribution in [1.29, 1.82) is 0 Å². The molecule has 0 bridgehead atoms. The molecule has 5 heteroatoms. The second-order valence-electron chi connectivity index (χ2n) is 2.53. The number of ether oxygens (including phenoxy) is 1. The van der Waals surface area contributed by atoms with Crippen molar-refractivity contribution in [2.45, 2.75) is 20.0 Å². The Kier molecular flexibility index (Phi) is 2.65. The lowest BCUT2D eigenvalue weighted by atomic mass is 10.5. The molecule has 0 atom stereocenters. The smallest absolute Gasteiger partial charge is 0.367 e. The van der Waals surface area contributed by atoms with Gasteiger partial charge in [-0.2, -0.15) is 0 Å². The van der Waals surface area contributed by atoms with Gasteiger partial charge >= 0.3 is 5.97 Å². The van der Waals surface area contributed by atoms with E-state index in [0.717, 1.165) is 0 Å². The van der Waals surface area contributed by atoms with Crippen molar-refractivity contribution in [3.05, 3.63) is 10.4 Å². The first-order valence-corrected chi connectivity index (χ1v) is 4.39. The molecule has 0 amide bonds. The SMILES string of the molecule is CC(C)OC(=O)c1nc(N)cs1. The summed E-state index contributed by atoms with van der Waals surface area (Å²) in [6, 6.07) is 0. The Labute approximate surface area is 74.4 Å². The molecular formula is C7H10N2O2S. The van der Waals surface area contributed by atoms with Gasteiger partial charge in [0, 0.05) is 5.38 Å². The fourth-order valence-electron chi connectivity index (χ4n) is 0.644. The van der Waals surface area contributed by atoms with Crippen molar-refractivity contribution in [3.63, 3.8) is 0 Å². The van der Waals surface area contributed by atoms with Gasteiger partial charge in [0.1, 0.15) is 5.82 Å². The van der Waals surface area contributed by atoms with Crippen molar-refractivity contribution in [2.24, 2.45) is 0 Å². The maximum Gasteiger partial charge on any atom is 0.367 e. The van der Waals surface area contributed by atoms with Gasteiger partial charge in [-0.15, -0.1) is 11.3 Å². The van der Waals surface area contributed by atoms with Crippen LogP contribution in [0.4, 0.5) is 5.82 Å². The van der Waals surface area contributed by atoms with Crippen LogP contribution in [0.25, 0.3) is 0 Å². The summed E-state index contributed by atoms with van der Waals surface area (Å²) in [5, 5.41) is 1.91. The molecular weight excluding hydrogens is 176 g/mol. The van der Waals surface area contributed by atoms with Crippen molar-refractivity contribution < 1.29 is 9.53 Å². The van der Waals surface area contributed by atoms with Gasteiger partial charge in [-0.3, -0.25) is 0 Å². The van der Waals surface area contributed by atoms with E-state index >= 15 is 0 Å². The first kappa shape index (κ1) is 8.99. The molecule has 0 spiro atoms. The Morgan fingerprint density at radius 3 is 2.83 bits per heavy atom. The number of anilines is 1. The predicted octanol–water partition coefficient (Wildman–Crippen LogP) is 1.29. The Hall–Kier alpha value is -1.10. The normalized spacial score (nSPS) is 10.2. The third kappa shape index (κ3) is 2.20. The van der Waals surface area contributed by atoms with E-state index in [-0.39, 0.29) is 6.10 Å². The minimum atomic E-state index is -0.410. The van der Waals surface area contributed by atoms with E-state index in [4.69, 9.17) is 10.5 Å². The molecule has 1 heterocycles. The number of nitrogen functional groups attached to an aromatic ring is 1. The molecule has 0 aliphatic heterocycles. The molecule has 1 aromatic rings. The van der Waals surface area contributed by atoms with Crippen molar-refractivity contribution >= 4 is 23.1 Å². The highest BCUT2D eigenvalue weighted by molar-refractivity contribution is 7.12. The molecule has 0 saturated heterocycles. The standard InChI is InChI=1S/C7H10N2O2S/c1-4(2)11-7(10)6-9-5(8)3-12-6/h3-4H,8H2,1-2H3. The lowest BCUT2D eigenvalue weighted by Crippen LogP contribution is -2.11. The van der Waals surface area contributed by atoms with Crippen LogP contribution in [0, 0.1) is 0 Å². The highest BCUT2D eigenvalue weighted by atomic mass is 32.1. The van der Waals surface area contributed by atoms with Crippen LogP contribution >= 0.6 is 11.3 Å². The third-order valence-corrected chi connectivity index (χ3v) is 1.88. The summed E-state index contributed by atoms with van der Waals surface area (Å²) in [5.74, 6) is -0.0533. The van der Waals surface area contributed by atoms with Gasteiger partial charge in [-0.25, -0.2) is 9.78 Å². The minimum absolute atomic E-state index is 0.123. The van der Waals surface area contributed by atoms with Gasteiger partial charge in [0.15, 0.2) is 0 Å². The molecule has 0 aromatic carbocycles. The number of esters is 1. The Morgan fingerprint density at radius 1 is 1.75 bits per heavy atom. The molecule has 1 rings (SSSR count). The highest BCUT2D eigenvalue weighted by Crippen LogP contribution is 2.12. The van der Waals surface area contributed by atoms with E-state index in [9.17, 15) is 4.79 Å². The molecule has 0 aliphatic rings. The maximum absolute atomic E-state index is 11.1. The van der Waals surface area contributed by atoms with Gasteiger partial charge in [0.25, 0.3) is 0 Å². The predicted molar refractivity (Wildman–Crippen MR) is 47.1 cm³/mol. The van der Waals surface area contributed by atoms with Gasteiger partial charge in [-0.05, 0) is 13.8 Å². The fourth-order valence-corrected chi connectivity index (χ4v) is 1.23. The Balaban J connectivity index is 2.65. The van der Waals surface area contributed by atoms with Gasteiger partial charge in [0.05, 0.1) is 6.10 Å². The second-order valence-corrected chi connectivity index (χ2v) is 3.39. The van der Waals surface area contributed by atoms with Crippen LogP contribution < -0.4 is 5.73 Å². The van der Waals surface area contributed by atoms with Gasteiger partial charge < -0.3 is 10.5 Å². The molecule has 1 aromatic heterocycles. The van der Waals surface area contributed by atoms with E-state index in [2.05, 4.69) is 4.98 Å². The number of carbonyl (C=O) groups excluding carboxylic acids is 1. The quantitative estimate of drug-likeness (QED) is 0.707. The van der Waals surface area contributed by atoms with Gasteiger partial charge in [0.2, 0.25) is 5.01 Å². The van der Waals surface area contributed by atoms with Crippen LogP contribution in [0.15, 0.2) is 5.38 Å². The molecule has 0 aliphatic carbocycles. The first-order chi connectivity index (χ1) is 5.59. The van der Waals surface area contributed by atoms with Crippen LogP contribution in [0.5, 0.6) is 0 Å². The molecule has 0 unspecified atom stereocenters. The number of carbonyl (C=O) groups is 1. The van der Waals surface area contributed by atoms with Crippen molar-refractivity contribution in [3.8, 4) is 0 Å². The van der Waals surface area contributed by atoms with Crippen molar-refractivity contribution in [1.82, 2.24) is 4.98 Å². The molecule has 0 radical (unpaired) electrons. The fraction of sp³-hybridized carbons (Fsp3) is 0.429. The maximum atomic E-state index is 11.1. The molecule has 2 N–H and O–H groups in total. The van der Waals surface area contributed by atoms with E-state index in [1.54, 1.807) is 19.2 Å². The largest absolute Gasteiger partial charge is 0.458 e. The zero-order chi connectivity index (χ0) is 9.14. The van der Waals surface area contributed by atoms with E-state index < -0.39 is 5.97 Å². The van der Waals surface area contributed by atoms with E-state index in [1.807, 2.05) is 0 Å². The topological polar surface area (TPSA) is 65.2 Å². The minimum Gasteiger partial charge on any atom is -0.458 e. The summed E-state index contributed by atoms with van der Waals surface area (Å²) in [6.45, 7) is 3.57. The summed E-state index contributed by atoms with van der Waals surface area (Å²) in [6.07, 6.45) is -0.123. The summed E-state index contributed by atoms with van der Waals surface area (Å²) in [7, 11) is 0. The zero-order valence-electron chi connectivity index (χ0n) is 6.90. The molecule has 12 heavy (non-hydrogen) atoms. The number of hydrogen-bond acceptors (Lipinski definition) is 5. The monoisotopic (exact) mass is 186 g/mol. The highest BCUT2D eigenvalue weighted by Gasteiger charge is 2.12. The Bertz CT molecular complexity index is 283. The van der Waals surface area contributed by atoms with Crippen LogP contribution in [0.2, 0.25) is 0 Å². The lowest BCUT2D eigenvalue weighted by molar-refractivity contribution is 0.0377. The number of hydrogen-bond donors (Lipinski definition) is 1. The number of nitrogens with two attached hydrogens (primary N) is 1. The summed E-state index contributed by atoms with van der Waals surface area (Å²) in [5.41, 5.74) is 5.34. The second kappa shape index (κ2) is 3.53. The molecule has 4 nitrogen and oxygen atoms in total. The number of nitrogens with zero attached hydrogens (tertiary/aromatic N) is 1. The van der Waals surface area contributed by atoms with E-state index in [1.165, 1.54) is 11.3 Å². The number of thiazole rings is 1. The van der Waals surface area contributed by atoms with Gasteiger partial charge in [-0.1, -0.05) is 0 Å². The van der Waals surface area contributed by atoms with E-state index in [0.29, 0.717) is 10.8 Å². The van der Waals surface area contributed by atoms with Crippen LogP contribution in [-0.2, 0) is 4.74 Å². The molecule has 0 fully saturated rings. The zero-order valence-corrected chi connectivity index (χ0v) is 7.72. The number of aromatic nitrogens is 1.